The summed E-state index contributed by atoms with van der Waals surface area (Å²) in [6.07, 6.45) is 3.73. The molecule has 0 spiro atoms. The largest absolute Gasteiger partial charge is 0.362 e. The first-order chi connectivity index (χ1) is 13.6. The van der Waals surface area contributed by atoms with E-state index in [1.807, 2.05) is 24.0 Å². The topological polar surface area (TPSA) is 44.4 Å². The molecule has 2 aromatic rings. The number of aryl methyl sites for hydroxylation is 1. The van der Waals surface area contributed by atoms with Gasteiger partial charge in [-0.1, -0.05) is 43.7 Å². The van der Waals surface area contributed by atoms with Gasteiger partial charge in [0.2, 0.25) is 5.91 Å². The predicted molar refractivity (Wildman–Crippen MR) is 121 cm³/mol. The van der Waals surface area contributed by atoms with Gasteiger partial charge in [0.05, 0.1) is 0 Å². The average Bonchev–Trinajstić information content (AvgIpc) is 3.11. The molecule has 28 heavy (non-hydrogen) atoms. The normalized spacial score (nSPS) is 14.8. The fourth-order valence-corrected chi connectivity index (χ4v) is 3.86. The number of anilines is 2. The number of hydrogen-bond acceptors (Lipinski definition) is 2. The van der Waals surface area contributed by atoms with Gasteiger partial charge in [0, 0.05) is 30.9 Å². The van der Waals surface area contributed by atoms with E-state index in [9.17, 15) is 4.79 Å². The first kappa shape index (κ1) is 20.3. The molecule has 1 fully saturated rings. The van der Waals surface area contributed by atoms with Crippen LogP contribution >= 0.6 is 12.2 Å². The van der Waals surface area contributed by atoms with Crippen LogP contribution in [-0.2, 0) is 11.2 Å². The summed E-state index contributed by atoms with van der Waals surface area (Å²) in [5.41, 5.74) is 4.39. The molecule has 1 aliphatic heterocycles. The number of benzene rings is 2. The second-order valence-corrected chi connectivity index (χ2v) is 7.86. The van der Waals surface area contributed by atoms with Gasteiger partial charge in [-0.25, -0.2) is 0 Å². The lowest BCUT2D eigenvalue weighted by molar-refractivity contribution is -0.117. The molecule has 1 atom stereocenters. The number of nitrogens with zero attached hydrogens (tertiary/aromatic N) is 1. The fraction of sp³-hybridized carbons (Fsp3) is 0.391. The van der Waals surface area contributed by atoms with Crippen LogP contribution in [0.2, 0.25) is 0 Å². The maximum Gasteiger partial charge on any atom is 0.227 e. The number of thiocarbonyl (C=S) groups is 1. The summed E-state index contributed by atoms with van der Waals surface area (Å²) in [6.45, 7) is 5.91. The van der Waals surface area contributed by atoms with Gasteiger partial charge in [0.15, 0.2) is 5.11 Å². The number of amides is 1. The van der Waals surface area contributed by atoms with E-state index in [1.54, 1.807) is 0 Å². The lowest BCUT2D eigenvalue weighted by Crippen LogP contribution is -2.33. The lowest BCUT2D eigenvalue weighted by Gasteiger charge is -2.20. The van der Waals surface area contributed by atoms with E-state index in [1.165, 1.54) is 5.56 Å². The first-order valence-electron chi connectivity index (χ1n) is 10.1. The molecule has 0 aromatic heterocycles. The van der Waals surface area contributed by atoms with Crippen LogP contribution in [0.3, 0.4) is 0 Å². The monoisotopic (exact) mass is 395 g/mol. The van der Waals surface area contributed by atoms with Crippen molar-refractivity contribution in [2.45, 2.75) is 39.5 Å². The third kappa shape index (κ3) is 5.32. The zero-order valence-electron chi connectivity index (χ0n) is 16.7. The Kier molecular flexibility index (Phi) is 7.04. The van der Waals surface area contributed by atoms with Crippen LogP contribution in [0.1, 0.15) is 37.3 Å². The van der Waals surface area contributed by atoms with E-state index in [0.717, 1.165) is 49.3 Å². The van der Waals surface area contributed by atoms with E-state index in [4.69, 9.17) is 12.2 Å². The number of rotatable bonds is 7. The maximum absolute atomic E-state index is 12.0. The Hall–Kier alpha value is -2.40. The molecule has 4 nitrogen and oxygen atoms in total. The Labute approximate surface area is 173 Å². The number of nitrogens with one attached hydrogen (secondary N) is 2. The van der Waals surface area contributed by atoms with E-state index >= 15 is 0 Å². The first-order valence-corrected chi connectivity index (χ1v) is 10.5. The third-order valence-corrected chi connectivity index (χ3v) is 5.56. The number of hydrogen-bond donors (Lipinski definition) is 2. The minimum absolute atomic E-state index is 0.213. The highest BCUT2D eigenvalue weighted by Crippen LogP contribution is 2.27. The Morgan fingerprint density at radius 3 is 2.64 bits per heavy atom. The average molecular weight is 396 g/mol. The summed E-state index contributed by atoms with van der Waals surface area (Å²) in [7, 11) is 0. The van der Waals surface area contributed by atoms with Gasteiger partial charge < -0.3 is 15.5 Å². The number of carbonyl (C=O) groups excluding carboxylic acids is 1. The summed E-state index contributed by atoms with van der Waals surface area (Å²) in [5, 5.41) is 7.26. The van der Waals surface area contributed by atoms with E-state index in [2.05, 4.69) is 54.0 Å². The van der Waals surface area contributed by atoms with Gasteiger partial charge in [0.25, 0.3) is 0 Å². The maximum atomic E-state index is 12.0. The molecular weight excluding hydrogens is 366 g/mol. The van der Waals surface area contributed by atoms with Crippen LogP contribution in [0.5, 0.6) is 0 Å². The van der Waals surface area contributed by atoms with E-state index in [0.29, 0.717) is 17.5 Å². The zero-order valence-corrected chi connectivity index (χ0v) is 17.5. The van der Waals surface area contributed by atoms with Crippen molar-refractivity contribution in [1.82, 2.24) is 5.32 Å². The highest BCUT2D eigenvalue weighted by molar-refractivity contribution is 7.80. The number of carbonyl (C=O) groups is 1. The predicted octanol–water partition coefficient (Wildman–Crippen LogP) is 4.68. The quantitative estimate of drug-likeness (QED) is 0.668. The lowest BCUT2D eigenvalue weighted by atomic mass is 9.97. The van der Waals surface area contributed by atoms with Gasteiger partial charge in [-0.05, 0) is 67.2 Å². The Morgan fingerprint density at radius 1 is 1.21 bits per heavy atom. The molecule has 0 bridgehead atoms. The van der Waals surface area contributed by atoms with E-state index < -0.39 is 0 Å². The van der Waals surface area contributed by atoms with Gasteiger partial charge >= 0.3 is 0 Å². The van der Waals surface area contributed by atoms with Gasteiger partial charge in [-0.15, -0.1) is 0 Å². The summed E-state index contributed by atoms with van der Waals surface area (Å²) in [4.78, 5) is 13.9. The molecule has 148 valence electrons. The molecule has 1 unspecified atom stereocenters. The molecule has 5 heteroatoms. The second kappa shape index (κ2) is 9.69. The van der Waals surface area contributed by atoms with Crippen molar-refractivity contribution in [2.75, 3.05) is 23.3 Å². The summed E-state index contributed by atoms with van der Waals surface area (Å²) in [6, 6.07) is 16.6. The fourth-order valence-electron chi connectivity index (χ4n) is 3.66. The highest BCUT2D eigenvalue weighted by Gasteiger charge is 2.22. The Balaban J connectivity index is 1.52. The van der Waals surface area contributed by atoms with Crippen molar-refractivity contribution in [1.29, 1.82) is 0 Å². The molecule has 2 N–H and O–H groups in total. The van der Waals surface area contributed by atoms with Gasteiger partial charge in [-0.2, -0.15) is 0 Å². The van der Waals surface area contributed by atoms with Gasteiger partial charge in [0.1, 0.15) is 0 Å². The Morgan fingerprint density at radius 2 is 2.00 bits per heavy atom. The zero-order chi connectivity index (χ0) is 19.9. The summed E-state index contributed by atoms with van der Waals surface area (Å²) in [5.74, 6) is 0.748. The van der Waals surface area contributed by atoms with Crippen molar-refractivity contribution < 1.29 is 4.79 Å². The minimum atomic E-state index is 0.213. The molecule has 0 saturated carbocycles. The van der Waals surface area contributed by atoms with Crippen molar-refractivity contribution in [3.63, 3.8) is 0 Å². The second-order valence-electron chi connectivity index (χ2n) is 7.45. The van der Waals surface area contributed by atoms with Crippen molar-refractivity contribution in [3.05, 3.63) is 59.7 Å². The van der Waals surface area contributed by atoms with Crippen LogP contribution in [0, 0.1) is 12.8 Å². The summed E-state index contributed by atoms with van der Waals surface area (Å²) < 4.78 is 0. The molecule has 0 aliphatic carbocycles. The molecule has 3 rings (SSSR count). The van der Waals surface area contributed by atoms with Crippen LogP contribution in [0.25, 0.3) is 0 Å². The standard InChI is InChI=1S/C23H29N3OS/c1-3-18(15-19-8-5-4-6-9-19)16-24-23(28)25-20-11-12-21(17(2)14-20)26-13-7-10-22(26)27/h4-6,8-9,11-12,14,18H,3,7,10,13,15-16H2,1-2H3,(H2,24,25,28). The molecule has 1 amide bonds. The van der Waals surface area contributed by atoms with Gasteiger partial charge in [-0.3, -0.25) is 4.79 Å². The molecule has 2 aromatic carbocycles. The smallest absolute Gasteiger partial charge is 0.227 e. The van der Waals surface area contributed by atoms with Crippen LogP contribution in [0.15, 0.2) is 48.5 Å². The van der Waals surface area contributed by atoms with Crippen molar-refractivity contribution in [3.8, 4) is 0 Å². The molecule has 0 radical (unpaired) electrons. The summed E-state index contributed by atoms with van der Waals surface area (Å²) >= 11 is 5.48. The van der Waals surface area contributed by atoms with Crippen LogP contribution in [0.4, 0.5) is 11.4 Å². The van der Waals surface area contributed by atoms with Crippen LogP contribution in [-0.4, -0.2) is 24.1 Å². The third-order valence-electron chi connectivity index (χ3n) is 5.31. The molecular formula is C23H29N3OS. The van der Waals surface area contributed by atoms with Crippen molar-refractivity contribution >= 4 is 34.6 Å². The minimum Gasteiger partial charge on any atom is -0.362 e. The SMILES string of the molecule is CCC(CNC(=S)Nc1ccc(N2CCCC2=O)c(C)c1)Cc1ccccc1. The van der Waals surface area contributed by atoms with E-state index in [-0.39, 0.29) is 5.91 Å². The van der Waals surface area contributed by atoms with Crippen molar-refractivity contribution in [2.24, 2.45) is 5.92 Å². The Bertz CT molecular complexity index is 822. The molecule has 1 aliphatic rings. The highest BCUT2D eigenvalue weighted by atomic mass is 32.1. The molecule has 1 heterocycles. The van der Waals surface area contributed by atoms with Crippen LogP contribution < -0.4 is 15.5 Å². The molecule has 1 saturated heterocycles.